The summed E-state index contributed by atoms with van der Waals surface area (Å²) in [6.07, 6.45) is 3.75. The molecule has 0 aliphatic heterocycles. The molecule has 1 aromatic heterocycles. The summed E-state index contributed by atoms with van der Waals surface area (Å²) in [7, 11) is 0. The Morgan fingerprint density at radius 2 is 2.09 bits per heavy atom. The van der Waals surface area contributed by atoms with Crippen LogP contribution in [-0.2, 0) is 11.3 Å². The van der Waals surface area contributed by atoms with Crippen molar-refractivity contribution >= 4 is 5.91 Å². The van der Waals surface area contributed by atoms with Crippen LogP contribution in [0.1, 0.15) is 25.5 Å². The summed E-state index contributed by atoms with van der Waals surface area (Å²) in [6, 6.07) is 10.1. The minimum absolute atomic E-state index is 0.101. The molecule has 0 bridgehead atoms. The Hall–Kier alpha value is -2.34. The lowest BCUT2D eigenvalue weighted by Crippen LogP contribution is -2.33. The van der Waals surface area contributed by atoms with E-state index in [0.717, 1.165) is 12.1 Å². The molecule has 1 heterocycles. The lowest BCUT2D eigenvalue weighted by Gasteiger charge is -2.22. The van der Waals surface area contributed by atoms with Gasteiger partial charge in [-0.3, -0.25) is 9.48 Å². The van der Waals surface area contributed by atoms with Crippen molar-refractivity contribution in [3.05, 3.63) is 48.3 Å². The van der Waals surface area contributed by atoms with Gasteiger partial charge in [0.1, 0.15) is 5.75 Å². The Kier molecular flexibility index (Phi) is 5.55. The van der Waals surface area contributed by atoms with E-state index in [2.05, 4.69) is 24.3 Å². The van der Waals surface area contributed by atoms with Gasteiger partial charge in [0.2, 0.25) is 0 Å². The maximum Gasteiger partial charge on any atom is 0.255 e. The summed E-state index contributed by atoms with van der Waals surface area (Å²) < 4.78 is 7.17. The van der Waals surface area contributed by atoms with Crippen molar-refractivity contribution in [2.45, 2.75) is 32.5 Å². The van der Waals surface area contributed by atoms with Gasteiger partial charge in [-0.05, 0) is 37.6 Å². The molecule has 22 heavy (non-hydrogen) atoms. The number of aromatic nitrogens is 2. The predicted octanol–water partition coefficient (Wildman–Crippen LogP) is 1.49. The Bertz CT molecular complexity index is 581. The Balaban J connectivity index is 1.82. The van der Waals surface area contributed by atoms with E-state index >= 15 is 0 Å². The zero-order valence-electron chi connectivity index (χ0n) is 12.9. The minimum atomic E-state index is -0.479. The topological polar surface area (TPSA) is 82.2 Å². The van der Waals surface area contributed by atoms with E-state index in [1.807, 2.05) is 41.2 Å². The number of amides is 1. The van der Waals surface area contributed by atoms with Crippen molar-refractivity contribution in [2.75, 3.05) is 6.61 Å². The van der Waals surface area contributed by atoms with Gasteiger partial charge in [-0.1, -0.05) is 12.1 Å². The van der Waals surface area contributed by atoms with E-state index in [9.17, 15) is 4.79 Å². The molecule has 6 heteroatoms. The van der Waals surface area contributed by atoms with Crippen molar-refractivity contribution in [3.63, 3.8) is 0 Å². The van der Waals surface area contributed by atoms with Gasteiger partial charge in [0.25, 0.3) is 5.91 Å². The Morgan fingerprint density at radius 1 is 1.36 bits per heavy atom. The number of hydrogen-bond acceptors (Lipinski definition) is 4. The van der Waals surface area contributed by atoms with Crippen LogP contribution in [0, 0.1) is 0 Å². The van der Waals surface area contributed by atoms with E-state index in [1.54, 1.807) is 6.20 Å². The van der Waals surface area contributed by atoms with Crippen LogP contribution in [0.25, 0.3) is 0 Å². The summed E-state index contributed by atoms with van der Waals surface area (Å²) >= 11 is 0. The zero-order chi connectivity index (χ0) is 15.9. The number of rotatable bonds is 8. The summed E-state index contributed by atoms with van der Waals surface area (Å²) in [4.78, 5) is 10.7. The molecule has 2 atom stereocenters. The van der Waals surface area contributed by atoms with Crippen molar-refractivity contribution in [1.29, 1.82) is 0 Å². The summed E-state index contributed by atoms with van der Waals surface area (Å²) in [6.45, 7) is 4.92. The standard InChI is InChI=1S/C16H22N4O2/c1-12(13(2)20-9-3-8-19-20)18-10-14-4-6-15(7-5-14)22-11-16(17)21/h3-9,12-13,18H,10-11H2,1-2H3,(H2,17,21)/t12-,13+/m1/s1. The van der Waals surface area contributed by atoms with Gasteiger partial charge in [-0.15, -0.1) is 0 Å². The van der Waals surface area contributed by atoms with E-state index < -0.39 is 5.91 Å². The van der Waals surface area contributed by atoms with Crippen molar-refractivity contribution < 1.29 is 9.53 Å². The highest BCUT2D eigenvalue weighted by atomic mass is 16.5. The fraction of sp³-hybridized carbons (Fsp3) is 0.375. The van der Waals surface area contributed by atoms with Crippen LogP contribution in [0.5, 0.6) is 5.75 Å². The lowest BCUT2D eigenvalue weighted by molar-refractivity contribution is -0.119. The molecule has 1 aromatic carbocycles. The number of nitrogens with one attached hydrogen (secondary N) is 1. The number of benzene rings is 1. The third-order valence-corrected chi connectivity index (χ3v) is 3.60. The van der Waals surface area contributed by atoms with Gasteiger partial charge in [-0.2, -0.15) is 5.10 Å². The second-order valence-electron chi connectivity index (χ2n) is 5.30. The van der Waals surface area contributed by atoms with E-state index in [0.29, 0.717) is 5.75 Å². The van der Waals surface area contributed by atoms with Crippen molar-refractivity contribution in [1.82, 2.24) is 15.1 Å². The second kappa shape index (κ2) is 7.61. The smallest absolute Gasteiger partial charge is 0.255 e. The van der Waals surface area contributed by atoms with Crippen LogP contribution in [0.4, 0.5) is 0 Å². The van der Waals surface area contributed by atoms with E-state index in [1.165, 1.54) is 0 Å². The quantitative estimate of drug-likeness (QED) is 0.774. The number of primary amides is 1. The third-order valence-electron chi connectivity index (χ3n) is 3.60. The fourth-order valence-electron chi connectivity index (χ4n) is 2.06. The van der Waals surface area contributed by atoms with Gasteiger partial charge in [-0.25, -0.2) is 0 Å². The molecule has 0 spiro atoms. The first kappa shape index (κ1) is 16.0. The summed E-state index contributed by atoms with van der Waals surface area (Å²) in [5, 5.41) is 7.74. The van der Waals surface area contributed by atoms with Gasteiger partial charge < -0.3 is 15.8 Å². The van der Waals surface area contributed by atoms with Crippen LogP contribution < -0.4 is 15.8 Å². The van der Waals surface area contributed by atoms with Crippen LogP contribution in [0.15, 0.2) is 42.7 Å². The Labute approximate surface area is 130 Å². The molecule has 0 saturated heterocycles. The number of hydrogen-bond donors (Lipinski definition) is 2. The molecule has 2 aromatic rings. The minimum Gasteiger partial charge on any atom is -0.484 e. The molecule has 0 aliphatic carbocycles. The molecule has 6 nitrogen and oxygen atoms in total. The van der Waals surface area contributed by atoms with Crippen molar-refractivity contribution in [2.24, 2.45) is 5.73 Å². The average molecular weight is 302 g/mol. The fourth-order valence-corrected chi connectivity index (χ4v) is 2.06. The first-order valence-corrected chi connectivity index (χ1v) is 7.29. The first-order valence-electron chi connectivity index (χ1n) is 7.29. The highest BCUT2D eigenvalue weighted by Crippen LogP contribution is 2.13. The van der Waals surface area contributed by atoms with Gasteiger partial charge >= 0.3 is 0 Å². The molecule has 3 N–H and O–H groups in total. The van der Waals surface area contributed by atoms with Crippen molar-refractivity contribution in [3.8, 4) is 5.75 Å². The van der Waals surface area contributed by atoms with E-state index in [-0.39, 0.29) is 18.7 Å². The molecule has 1 amide bonds. The van der Waals surface area contributed by atoms with Gasteiger partial charge in [0.15, 0.2) is 6.61 Å². The van der Waals surface area contributed by atoms with Crippen LogP contribution in [0.3, 0.4) is 0 Å². The Morgan fingerprint density at radius 3 is 2.68 bits per heavy atom. The molecule has 118 valence electrons. The summed E-state index contributed by atoms with van der Waals surface area (Å²) in [5.74, 6) is 0.160. The largest absolute Gasteiger partial charge is 0.484 e. The summed E-state index contributed by atoms with van der Waals surface area (Å²) in [5.41, 5.74) is 6.18. The zero-order valence-corrected chi connectivity index (χ0v) is 12.9. The maximum absolute atomic E-state index is 10.7. The van der Waals surface area contributed by atoms with Crippen LogP contribution in [0.2, 0.25) is 0 Å². The normalized spacial score (nSPS) is 13.5. The maximum atomic E-state index is 10.7. The second-order valence-corrected chi connectivity index (χ2v) is 5.30. The number of carbonyl (C=O) groups is 1. The SMILES string of the molecule is C[C@@H](NCc1ccc(OCC(N)=O)cc1)[C@H](C)n1cccn1. The first-order chi connectivity index (χ1) is 10.6. The number of nitrogens with zero attached hydrogens (tertiary/aromatic N) is 2. The van der Waals surface area contributed by atoms with Gasteiger partial charge in [0.05, 0.1) is 6.04 Å². The molecule has 0 aliphatic rings. The lowest BCUT2D eigenvalue weighted by atomic mass is 10.1. The average Bonchev–Trinajstić information content (AvgIpc) is 3.05. The highest BCUT2D eigenvalue weighted by molar-refractivity contribution is 5.75. The predicted molar refractivity (Wildman–Crippen MR) is 84.4 cm³/mol. The molecular formula is C16H22N4O2. The number of nitrogens with two attached hydrogens (primary N) is 1. The number of ether oxygens (including phenoxy) is 1. The monoisotopic (exact) mass is 302 g/mol. The highest BCUT2D eigenvalue weighted by Gasteiger charge is 2.13. The van der Waals surface area contributed by atoms with Crippen LogP contribution >= 0.6 is 0 Å². The molecular weight excluding hydrogens is 280 g/mol. The molecule has 0 saturated carbocycles. The molecule has 0 fully saturated rings. The van der Waals surface area contributed by atoms with Crippen LogP contribution in [-0.4, -0.2) is 28.3 Å². The third kappa shape index (κ3) is 4.60. The molecule has 0 unspecified atom stereocenters. The number of carbonyl (C=O) groups excluding carboxylic acids is 1. The van der Waals surface area contributed by atoms with Gasteiger partial charge in [0, 0.05) is 25.0 Å². The molecule has 2 rings (SSSR count). The van der Waals surface area contributed by atoms with E-state index in [4.69, 9.17) is 10.5 Å². The molecule has 0 radical (unpaired) electrons.